The molecule has 104 valence electrons. The number of nitrogens with one attached hydrogen (secondary N) is 3. The normalized spacial score (nSPS) is 19.2. The van der Waals surface area contributed by atoms with Crippen molar-refractivity contribution in [2.75, 3.05) is 24.2 Å². The highest BCUT2D eigenvalue weighted by Crippen LogP contribution is 2.32. The van der Waals surface area contributed by atoms with Crippen molar-refractivity contribution in [3.63, 3.8) is 0 Å². The Morgan fingerprint density at radius 2 is 2.05 bits per heavy atom. The van der Waals surface area contributed by atoms with E-state index in [4.69, 9.17) is 0 Å². The number of pyridine rings is 1. The molecule has 2 heterocycles. The first kappa shape index (κ1) is 13.4. The molecule has 0 bridgehead atoms. The van der Waals surface area contributed by atoms with Crippen LogP contribution in [-0.4, -0.2) is 30.5 Å². The lowest BCUT2D eigenvalue weighted by Gasteiger charge is -2.15. The lowest BCUT2D eigenvalue weighted by molar-refractivity contribution is -0.137. The molecule has 1 amide bonds. The van der Waals surface area contributed by atoms with E-state index < -0.39 is 11.7 Å². The Morgan fingerprint density at radius 3 is 2.58 bits per heavy atom. The van der Waals surface area contributed by atoms with Crippen LogP contribution >= 0.6 is 0 Å². The number of amides is 1. The number of hydrogen-bond acceptors (Lipinski definition) is 4. The number of halogens is 3. The number of alkyl halides is 3. The number of hydrogen-bond donors (Lipinski definition) is 3. The second-order valence-corrected chi connectivity index (χ2v) is 4.22. The molecule has 1 fully saturated rings. The van der Waals surface area contributed by atoms with E-state index in [1.165, 1.54) is 7.05 Å². The molecule has 1 aliphatic heterocycles. The third-order valence-electron chi connectivity index (χ3n) is 2.74. The minimum Gasteiger partial charge on any atom is -0.373 e. The van der Waals surface area contributed by atoms with Crippen LogP contribution in [0.2, 0.25) is 0 Å². The summed E-state index contributed by atoms with van der Waals surface area (Å²) in [6.07, 6.45) is -4.21. The number of nitrogens with zero attached hydrogens (tertiary/aromatic N) is 1. The molecule has 0 aliphatic carbocycles. The van der Waals surface area contributed by atoms with Crippen LogP contribution in [0.1, 0.15) is 12.0 Å². The van der Waals surface area contributed by atoms with Gasteiger partial charge in [-0.1, -0.05) is 0 Å². The molecule has 1 atom stereocenters. The fourth-order valence-electron chi connectivity index (χ4n) is 1.81. The van der Waals surface area contributed by atoms with E-state index in [0.717, 1.165) is 12.1 Å². The zero-order valence-corrected chi connectivity index (χ0v) is 10.1. The van der Waals surface area contributed by atoms with Crippen LogP contribution in [0.3, 0.4) is 0 Å². The summed E-state index contributed by atoms with van der Waals surface area (Å²) in [5.74, 6) is 0.0913. The average Bonchev–Trinajstić information content (AvgIpc) is 2.73. The van der Waals surface area contributed by atoms with Gasteiger partial charge in [-0.2, -0.15) is 13.2 Å². The number of carbonyl (C=O) groups excluding carboxylic acids is 1. The second-order valence-electron chi connectivity index (χ2n) is 4.22. The first-order valence-corrected chi connectivity index (χ1v) is 5.69. The molecule has 3 N–H and O–H groups in total. The third kappa shape index (κ3) is 3.27. The summed E-state index contributed by atoms with van der Waals surface area (Å²) in [6.45, 7) is 0.381. The van der Waals surface area contributed by atoms with E-state index in [1.807, 2.05) is 0 Å². The summed E-state index contributed by atoms with van der Waals surface area (Å²) in [7, 11) is 1.49. The SMILES string of the molecule is CNc1cc(C(F)(F)F)cc(NC2CNC(=O)C2)n1. The zero-order valence-electron chi connectivity index (χ0n) is 10.1. The van der Waals surface area contributed by atoms with Gasteiger partial charge in [0.15, 0.2) is 0 Å². The smallest absolute Gasteiger partial charge is 0.373 e. The summed E-state index contributed by atoms with van der Waals surface area (Å²) < 4.78 is 38.1. The lowest BCUT2D eigenvalue weighted by Crippen LogP contribution is -2.23. The Morgan fingerprint density at radius 1 is 1.37 bits per heavy atom. The van der Waals surface area contributed by atoms with Gasteiger partial charge >= 0.3 is 6.18 Å². The Labute approximate surface area is 107 Å². The van der Waals surface area contributed by atoms with E-state index in [2.05, 4.69) is 20.9 Å². The fraction of sp³-hybridized carbons (Fsp3) is 0.455. The molecule has 2 rings (SSSR count). The van der Waals surface area contributed by atoms with Crippen molar-refractivity contribution in [3.05, 3.63) is 17.7 Å². The maximum atomic E-state index is 12.7. The van der Waals surface area contributed by atoms with Crippen LogP contribution in [0, 0.1) is 0 Å². The van der Waals surface area contributed by atoms with Gasteiger partial charge in [0.1, 0.15) is 11.6 Å². The van der Waals surface area contributed by atoms with Gasteiger partial charge < -0.3 is 16.0 Å². The van der Waals surface area contributed by atoms with Crippen molar-refractivity contribution >= 4 is 17.5 Å². The van der Waals surface area contributed by atoms with Crippen molar-refractivity contribution in [3.8, 4) is 0 Å². The molecule has 0 aromatic carbocycles. The zero-order chi connectivity index (χ0) is 14.0. The third-order valence-corrected chi connectivity index (χ3v) is 2.74. The van der Waals surface area contributed by atoms with E-state index in [-0.39, 0.29) is 30.0 Å². The van der Waals surface area contributed by atoms with Crippen LogP contribution in [0.15, 0.2) is 12.1 Å². The van der Waals surface area contributed by atoms with Gasteiger partial charge in [0.25, 0.3) is 0 Å². The summed E-state index contributed by atoms with van der Waals surface area (Å²) in [5.41, 5.74) is -0.786. The fourth-order valence-corrected chi connectivity index (χ4v) is 1.81. The highest BCUT2D eigenvalue weighted by Gasteiger charge is 2.32. The van der Waals surface area contributed by atoms with Crippen LogP contribution in [-0.2, 0) is 11.0 Å². The molecule has 1 aromatic heterocycles. The Bertz CT molecular complexity index is 489. The van der Waals surface area contributed by atoms with Crippen LogP contribution in [0.4, 0.5) is 24.8 Å². The summed E-state index contributed by atoms with van der Waals surface area (Å²) in [5, 5.41) is 8.00. The first-order valence-electron chi connectivity index (χ1n) is 5.69. The Balaban J connectivity index is 2.22. The molecule has 0 saturated carbocycles. The van der Waals surface area contributed by atoms with Crippen molar-refractivity contribution in [1.29, 1.82) is 0 Å². The van der Waals surface area contributed by atoms with Gasteiger partial charge in [-0.25, -0.2) is 4.98 Å². The van der Waals surface area contributed by atoms with E-state index in [9.17, 15) is 18.0 Å². The quantitative estimate of drug-likeness (QED) is 0.780. The van der Waals surface area contributed by atoms with Crippen molar-refractivity contribution in [1.82, 2.24) is 10.3 Å². The van der Waals surface area contributed by atoms with Gasteiger partial charge in [-0.15, -0.1) is 0 Å². The number of anilines is 2. The largest absolute Gasteiger partial charge is 0.416 e. The maximum absolute atomic E-state index is 12.7. The average molecular weight is 274 g/mol. The number of carbonyl (C=O) groups is 1. The molecule has 1 unspecified atom stereocenters. The Hall–Kier alpha value is -1.99. The van der Waals surface area contributed by atoms with E-state index in [0.29, 0.717) is 6.54 Å². The van der Waals surface area contributed by atoms with Gasteiger partial charge in [0, 0.05) is 20.0 Å². The van der Waals surface area contributed by atoms with Gasteiger partial charge in [0.2, 0.25) is 5.91 Å². The van der Waals surface area contributed by atoms with E-state index in [1.54, 1.807) is 0 Å². The molecule has 1 saturated heterocycles. The predicted octanol–water partition coefficient (Wildman–Crippen LogP) is 1.44. The lowest BCUT2D eigenvalue weighted by atomic mass is 10.2. The maximum Gasteiger partial charge on any atom is 0.416 e. The molecule has 5 nitrogen and oxygen atoms in total. The number of rotatable bonds is 3. The predicted molar refractivity (Wildman–Crippen MR) is 63.8 cm³/mol. The topological polar surface area (TPSA) is 66.0 Å². The minimum atomic E-state index is -4.44. The van der Waals surface area contributed by atoms with Gasteiger partial charge in [-0.05, 0) is 12.1 Å². The summed E-state index contributed by atoms with van der Waals surface area (Å²) >= 11 is 0. The number of aromatic nitrogens is 1. The van der Waals surface area contributed by atoms with Crippen LogP contribution < -0.4 is 16.0 Å². The molecule has 0 spiro atoms. The van der Waals surface area contributed by atoms with Gasteiger partial charge in [-0.3, -0.25) is 4.79 Å². The van der Waals surface area contributed by atoms with Crippen LogP contribution in [0.25, 0.3) is 0 Å². The molecule has 19 heavy (non-hydrogen) atoms. The molecule has 0 radical (unpaired) electrons. The highest BCUT2D eigenvalue weighted by atomic mass is 19.4. The van der Waals surface area contributed by atoms with E-state index >= 15 is 0 Å². The van der Waals surface area contributed by atoms with Crippen molar-refractivity contribution in [2.24, 2.45) is 0 Å². The first-order chi connectivity index (χ1) is 8.88. The van der Waals surface area contributed by atoms with Gasteiger partial charge in [0.05, 0.1) is 11.6 Å². The van der Waals surface area contributed by atoms with Crippen molar-refractivity contribution in [2.45, 2.75) is 18.6 Å². The molecule has 1 aliphatic rings. The van der Waals surface area contributed by atoms with Crippen molar-refractivity contribution < 1.29 is 18.0 Å². The monoisotopic (exact) mass is 274 g/mol. The standard InChI is InChI=1S/C11H13F3N4O/c1-15-8-2-6(11(12,13)14)3-9(18-8)17-7-4-10(19)16-5-7/h2-3,7H,4-5H2,1H3,(H,16,19)(H2,15,17,18). The van der Waals surface area contributed by atoms with Crippen LogP contribution in [0.5, 0.6) is 0 Å². The second kappa shape index (κ2) is 4.94. The molecule has 1 aromatic rings. The molecular weight excluding hydrogens is 261 g/mol. The summed E-state index contributed by atoms with van der Waals surface area (Å²) in [4.78, 5) is 15.0. The molecule has 8 heteroatoms. The Kier molecular flexibility index (Phi) is 3.50. The summed E-state index contributed by atoms with van der Waals surface area (Å²) in [6, 6.07) is 1.63. The minimum absolute atomic E-state index is 0.0978. The molecular formula is C11H13F3N4O. The highest BCUT2D eigenvalue weighted by molar-refractivity contribution is 5.79.